The Hall–Kier alpha value is -1.92. The SMILES string of the molecule is O=C(N[C@H](C(=O)O)c1ccccc1)c1cc(Br)cnc1Cl. The highest BCUT2D eigenvalue weighted by Crippen LogP contribution is 2.20. The van der Waals surface area contributed by atoms with Gasteiger partial charge in [0.05, 0.1) is 5.56 Å². The Balaban J connectivity index is 2.27. The molecule has 1 aromatic carbocycles. The molecule has 1 amide bonds. The van der Waals surface area contributed by atoms with Crippen molar-refractivity contribution in [3.8, 4) is 0 Å². The van der Waals surface area contributed by atoms with Crippen LogP contribution in [0.5, 0.6) is 0 Å². The van der Waals surface area contributed by atoms with Gasteiger partial charge in [-0.2, -0.15) is 0 Å². The average Bonchev–Trinajstić information content (AvgIpc) is 2.47. The summed E-state index contributed by atoms with van der Waals surface area (Å²) in [6.07, 6.45) is 1.45. The first-order valence-electron chi connectivity index (χ1n) is 5.88. The molecule has 21 heavy (non-hydrogen) atoms. The molecule has 0 bridgehead atoms. The van der Waals surface area contributed by atoms with Gasteiger partial charge in [-0.15, -0.1) is 0 Å². The highest BCUT2D eigenvalue weighted by Gasteiger charge is 2.23. The van der Waals surface area contributed by atoms with E-state index in [0.717, 1.165) is 0 Å². The molecular weight excluding hydrogens is 360 g/mol. The predicted molar refractivity (Wildman–Crippen MR) is 81.2 cm³/mol. The Labute approximate surface area is 134 Å². The van der Waals surface area contributed by atoms with Crippen LogP contribution in [0.4, 0.5) is 0 Å². The van der Waals surface area contributed by atoms with Crippen molar-refractivity contribution in [1.29, 1.82) is 0 Å². The molecule has 0 aliphatic heterocycles. The van der Waals surface area contributed by atoms with Crippen molar-refractivity contribution in [2.75, 3.05) is 0 Å². The third kappa shape index (κ3) is 3.80. The van der Waals surface area contributed by atoms with E-state index in [9.17, 15) is 14.7 Å². The fourth-order valence-electron chi connectivity index (χ4n) is 1.72. The van der Waals surface area contributed by atoms with Crippen LogP contribution in [0.2, 0.25) is 5.15 Å². The lowest BCUT2D eigenvalue weighted by Crippen LogP contribution is -2.34. The number of pyridine rings is 1. The van der Waals surface area contributed by atoms with E-state index in [1.54, 1.807) is 30.3 Å². The largest absolute Gasteiger partial charge is 0.479 e. The quantitative estimate of drug-likeness (QED) is 0.812. The highest BCUT2D eigenvalue weighted by molar-refractivity contribution is 9.10. The molecule has 0 unspecified atom stereocenters. The van der Waals surface area contributed by atoms with Crippen molar-refractivity contribution in [3.05, 3.63) is 63.3 Å². The smallest absolute Gasteiger partial charge is 0.330 e. The molecule has 1 atom stereocenters. The molecule has 2 rings (SSSR count). The van der Waals surface area contributed by atoms with Gasteiger partial charge in [-0.25, -0.2) is 9.78 Å². The first-order chi connectivity index (χ1) is 9.99. The zero-order valence-electron chi connectivity index (χ0n) is 10.6. The molecule has 2 N–H and O–H groups in total. The second-order valence-corrected chi connectivity index (χ2v) is 5.42. The van der Waals surface area contributed by atoms with E-state index in [2.05, 4.69) is 26.2 Å². The fraction of sp³-hybridized carbons (Fsp3) is 0.0714. The summed E-state index contributed by atoms with van der Waals surface area (Å²) in [4.78, 5) is 27.4. The molecule has 0 radical (unpaired) electrons. The number of aliphatic carboxylic acids is 1. The molecule has 2 aromatic rings. The number of nitrogens with zero attached hydrogens (tertiary/aromatic N) is 1. The van der Waals surface area contributed by atoms with Gasteiger partial charge in [-0.1, -0.05) is 41.9 Å². The number of carbonyl (C=O) groups is 2. The maximum atomic E-state index is 12.2. The first-order valence-corrected chi connectivity index (χ1v) is 7.06. The Morgan fingerprint density at radius 1 is 1.29 bits per heavy atom. The minimum Gasteiger partial charge on any atom is -0.479 e. The molecule has 7 heteroatoms. The van der Waals surface area contributed by atoms with Gasteiger partial charge in [-0.05, 0) is 27.6 Å². The van der Waals surface area contributed by atoms with Crippen LogP contribution in [0.3, 0.4) is 0 Å². The first kappa shape index (κ1) is 15.5. The van der Waals surface area contributed by atoms with E-state index in [-0.39, 0.29) is 10.7 Å². The van der Waals surface area contributed by atoms with Crippen LogP contribution in [0.15, 0.2) is 47.1 Å². The van der Waals surface area contributed by atoms with Crippen molar-refractivity contribution in [2.24, 2.45) is 0 Å². The van der Waals surface area contributed by atoms with Gasteiger partial charge in [0.2, 0.25) is 0 Å². The maximum absolute atomic E-state index is 12.2. The van der Waals surface area contributed by atoms with Gasteiger partial charge in [0.15, 0.2) is 6.04 Å². The number of hydrogen-bond donors (Lipinski definition) is 2. The average molecular weight is 370 g/mol. The van der Waals surface area contributed by atoms with Crippen LogP contribution < -0.4 is 5.32 Å². The van der Waals surface area contributed by atoms with Crippen LogP contribution in [0, 0.1) is 0 Å². The second kappa shape index (κ2) is 6.69. The van der Waals surface area contributed by atoms with Crippen molar-refractivity contribution in [3.63, 3.8) is 0 Å². The van der Waals surface area contributed by atoms with E-state index in [4.69, 9.17) is 11.6 Å². The fourth-order valence-corrected chi connectivity index (χ4v) is 2.24. The molecule has 1 heterocycles. The second-order valence-electron chi connectivity index (χ2n) is 4.15. The summed E-state index contributed by atoms with van der Waals surface area (Å²) in [5, 5.41) is 11.7. The Bertz CT molecular complexity index is 679. The summed E-state index contributed by atoms with van der Waals surface area (Å²) < 4.78 is 0.573. The minimum absolute atomic E-state index is 0.00732. The van der Waals surface area contributed by atoms with Crippen molar-refractivity contribution in [2.45, 2.75) is 6.04 Å². The van der Waals surface area contributed by atoms with E-state index >= 15 is 0 Å². The number of nitrogens with one attached hydrogen (secondary N) is 1. The summed E-state index contributed by atoms with van der Waals surface area (Å²) >= 11 is 9.05. The monoisotopic (exact) mass is 368 g/mol. The molecule has 1 aromatic heterocycles. The number of amides is 1. The van der Waals surface area contributed by atoms with E-state index < -0.39 is 17.9 Å². The summed E-state index contributed by atoms with van der Waals surface area (Å²) in [6.45, 7) is 0. The van der Waals surface area contributed by atoms with Gasteiger partial charge >= 0.3 is 5.97 Å². The van der Waals surface area contributed by atoms with Crippen molar-refractivity contribution >= 4 is 39.4 Å². The summed E-state index contributed by atoms with van der Waals surface area (Å²) in [6, 6.07) is 8.73. The molecule has 5 nitrogen and oxygen atoms in total. The zero-order valence-corrected chi connectivity index (χ0v) is 12.9. The molecule has 108 valence electrons. The number of rotatable bonds is 4. The van der Waals surface area contributed by atoms with Gasteiger partial charge in [0, 0.05) is 10.7 Å². The van der Waals surface area contributed by atoms with Gasteiger partial charge < -0.3 is 10.4 Å². The van der Waals surface area contributed by atoms with Crippen molar-refractivity contribution in [1.82, 2.24) is 10.3 Å². The number of carboxylic acids is 1. The summed E-state index contributed by atoms with van der Waals surface area (Å²) in [5.41, 5.74) is 0.575. The summed E-state index contributed by atoms with van der Waals surface area (Å²) in [5.74, 6) is -1.77. The van der Waals surface area contributed by atoms with Crippen LogP contribution in [0.1, 0.15) is 22.0 Å². The Morgan fingerprint density at radius 3 is 2.57 bits per heavy atom. The van der Waals surface area contributed by atoms with E-state index in [1.807, 2.05) is 0 Å². The third-order valence-corrected chi connectivity index (χ3v) is 3.44. The lowest BCUT2D eigenvalue weighted by atomic mass is 10.1. The molecule has 0 fully saturated rings. The van der Waals surface area contributed by atoms with Gasteiger partial charge in [0.1, 0.15) is 5.15 Å². The highest BCUT2D eigenvalue weighted by atomic mass is 79.9. The predicted octanol–water partition coefficient (Wildman–Crippen LogP) is 3.05. The number of carbonyl (C=O) groups excluding carboxylic acids is 1. The Morgan fingerprint density at radius 2 is 1.95 bits per heavy atom. The molecule has 0 aliphatic carbocycles. The number of aromatic nitrogens is 1. The van der Waals surface area contributed by atoms with Gasteiger partial charge in [-0.3, -0.25) is 4.79 Å². The number of hydrogen-bond acceptors (Lipinski definition) is 3. The van der Waals surface area contributed by atoms with Crippen LogP contribution in [-0.2, 0) is 4.79 Å². The minimum atomic E-state index is -1.16. The topological polar surface area (TPSA) is 79.3 Å². The lowest BCUT2D eigenvalue weighted by molar-refractivity contribution is -0.139. The van der Waals surface area contributed by atoms with Crippen LogP contribution in [-0.4, -0.2) is 22.0 Å². The maximum Gasteiger partial charge on any atom is 0.330 e. The number of benzene rings is 1. The zero-order chi connectivity index (χ0) is 15.4. The normalized spacial score (nSPS) is 11.7. The standard InChI is InChI=1S/C14H10BrClN2O3/c15-9-6-10(12(16)17-7-9)13(19)18-11(14(20)21)8-4-2-1-3-5-8/h1-7,11H,(H,18,19)(H,20,21)/t11-/m0/s1. The summed E-state index contributed by atoms with van der Waals surface area (Å²) in [7, 11) is 0. The third-order valence-electron chi connectivity index (χ3n) is 2.71. The number of halogens is 2. The van der Waals surface area contributed by atoms with E-state index in [1.165, 1.54) is 12.3 Å². The van der Waals surface area contributed by atoms with Crippen LogP contribution in [0.25, 0.3) is 0 Å². The molecule has 0 saturated heterocycles. The van der Waals surface area contributed by atoms with Crippen molar-refractivity contribution < 1.29 is 14.7 Å². The number of carboxylic acid groups (broad SMARTS) is 1. The lowest BCUT2D eigenvalue weighted by Gasteiger charge is -2.15. The van der Waals surface area contributed by atoms with E-state index in [0.29, 0.717) is 10.0 Å². The Kier molecular flexibility index (Phi) is 4.93. The molecule has 0 saturated carbocycles. The van der Waals surface area contributed by atoms with Gasteiger partial charge in [0.25, 0.3) is 5.91 Å². The molecule has 0 aliphatic rings. The van der Waals surface area contributed by atoms with Crippen LogP contribution >= 0.6 is 27.5 Å². The molecular formula is C14H10BrClN2O3. The molecule has 0 spiro atoms.